The standard InChI is InChI=1S/C25H26N4OS/c1-28(2)24(21-12-15-31-18-21)16-26-25(30)23-7-4-3-6-22(23)20-10-8-19(9-11-20)17-29-14-5-13-27-29/h3-15,18,24H,16-17H2,1-2H3,(H,26,30). The number of aromatic nitrogens is 2. The summed E-state index contributed by atoms with van der Waals surface area (Å²) in [5.74, 6) is -0.0571. The van der Waals surface area contributed by atoms with Gasteiger partial charge in [-0.25, -0.2) is 0 Å². The van der Waals surface area contributed by atoms with Crippen molar-refractivity contribution in [3.05, 3.63) is 101 Å². The monoisotopic (exact) mass is 430 g/mol. The molecule has 0 saturated carbocycles. The lowest BCUT2D eigenvalue weighted by molar-refractivity contribution is 0.0942. The number of hydrogen-bond acceptors (Lipinski definition) is 4. The molecule has 1 N–H and O–H groups in total. The average molecular weight is 431 g/mol. The molecule has 0 bridgehead atoms. The van der Waals surface area contributed by atoms with Crippen LogP contribution in [0.2, 0.25) is 0 Å². The van der Waals surface area contributed by atoms with E-state index in [0.29, 0.717) is 12.1 Å². The van der Waals surface area contributed by atoms with Crippen LogP contribution in [-0.4, -0.2) is 41.2 Å². The number of hydrogen-bond donors (Lipinski definition) is 1. The lowest BCUT2D eigenvalue weighted by Crippen LogP contribution is -2.34. The van der Waals surface area contributed by atoms with Gasteiger partial charge in [-0.2, -0.15) is 16.4 Å². The molecule has 0 fully saturated rings. The number of thiophene rings is 1. The Morgan fingerprint density at radius 1 is 1.10 bits per heavy atom. The number of nitrogens with zero attached hydrogens (tertiary/aromatic N) is 3. The van der Waals surface area contributed by atoms with E-state index in [9.17, 15) is 4.79 Å². The molecule has 0 spiro atoms. The Bertz CT molecular complexity index is 1100. The Morgan fingerprint density at radius 2 is 1.90 bits per heavy atom. The smallest absolute Gasteiger partial charge is 0.251 e. The fourth-order valence-corrected chi connectivity index (χ4v) is 4.36. The van der Waals surface area contributed by atoms with Crippen LogP contribution in [0.4, 0.5) is 0 Å². The first-order chi connectivity index (χ1) is 15.1. The molecule has 158 valence electrons. The molecule has 1 atom stereocenters. The maximum absolute atomic E-state index is 13.1. The Kier molecular flexibility index (Phi) is 6.60. The lowest BCUT2D eigenvalue weighted by atomic mass is 9.98. The topological polar surface area (TPSA) is 50.2 Å². The van der Waals surface area contributed by atoms with Gasteiger partial charge in [0.2, 0.25) is 0 Å². The van der Waals surface area contributed by atoms with Crippen LogP contribution in [-0.2, 0) is 6.54 Å². The summed E-state index contributed by atoms with van der Waals surface area (Å²) in [7, 11) is 4.07. The zero-order chi connectivity index (χ0) is 21.6. The van der Waals surface area contributed by atoms with Crippen LogP contribution in [0.1, 0.15) is 27.5 Å². The quantitative estimate of drug-likeness (QED) is 0.441. The molecule has 5 nitrogen and oxygen atoms in total. The first kappa shape index (κ1) is 21.0. The third-order valence-electron chi connectivity index (χ3n) is 5.35. The number of benzene rings is 2. The predicted octanol–water partition coefficient (Wildman–Crippen LogP) is 4.69. The third-order valence-corrected chi connectivity index (χ3v) is 6.05. The van der Waals surface area contributed by atoms with Crippen molar-refractivity contribution in [2.24, 2.45) is 0 Å². The summed E-state index contributed by atoms with van der Waals surface area (Å²) in [5.41, 5.74) is 5.03. The van der Waals surface area contributed by atoms with E-state index in [1.165, 1.54) is 11.1 Å². The van der Waals surface area contributed by atoms with Gasteiger partial charge in [-0.3, -0.25) is 9.48 Å². The van der Waals surface area contributed by atoms with Crippen molar-refractivity contribution >= 4 is 17.2 Å². The lowest BCUT2D eigenvalue weighted by Gasteiger charge is -2.24. The highest BCUT2D eigenvalue weighted by molar-refractivity contribution is 7.08. The molecule has 31 heavy (non-hydrogen) atoms. The second-order valence-corrected chi connectivity index (χ2v) is 8.47. The third kappa shape index (κ3) is 5.10. The van der Waals surface area contributed by atoms with E-state index in [1.54, 1.807) is 17.5 Å². The molecule has 0 saturated heterocycles. The first-order valence-electron chi connectivity index (χ1n) is 10.2. The molecule has 0 radical (unpaired) electrons. The Morgan fingerprint density at radius 3 is 2.58 bits per heavy atom. The van der Waals surface area contributed by atoms with Crippen molar-refractivity contribution in [1.29, 1.82) is 0 Å². The molecule has 2 aromatic heterocycles. The van der Waals surface area contributed by atoms with Crippen molar-refractivity contribution in [2.75, 3.05) is 20.6 Å². The van der Waals surface area contributed by atoms with Crippen LogP contribution in [0.5, 0.6) is 0 Å². The van der Waals surface area contributed by atoms with Crippen LogP contribution in [0.25, 0.3) is 11.1 Å². The van der Waals surface area contributed by atoms with Gasteiger partial charge in [-0.15, -0.1) is 0 Å². The molecule has 1 unspecified atom stereocenters. The Labute approximate surface area is 187 Å². The van der Waals surface area contributed by atoms with E-state index in [2.05, 4.69) is 56.4 Å². The fourth-order valence-electron chi connectivity index (χ4n) is 3.65. The van der Waals surface area contributed by atoms with E-state index in [0.717, 1.165) is 17.7 Å². The maximum atomic E-state index is 13.1. The molecule has 0 aliphatic carbocycles. The molecular formula is C25H26N4OS. The van der Waals surface area contributed by atoms with E-state index in [4.69, 9.17) is 0 Å². The van der Waals surface area contributed by atoms with Crippen molar-refractivity contribution in [3.8, 4) is 11.1 Å². The van der Waals surface area contributed by atoms with Crippen LogP contribution in [0, 0.1) is 0 Å². The first-order valence-corrected chi connectivity index (χ1v) is 11.2. The van der Waals surface area contributed by atoms with Crippen LogP contribution in [0.3, 0.4) is 0 Å². The van der Waals surface area contributed by atoms with Gasteiger partial charge in [0.15, 0.2) is 0 Å². The SMILES string of the molecule is CN(C)C(CNC(=O)c1ccccc1-c1ccc(Cn2cccn2)cc1)c1ccsc1. The number of likely N-dealkylation sites (N-methyl/N-ethyl adjacent to an activating group) is 1. The van der Waals surface area contributed by atoms with E-state index in [1.807, 2.05) is 55.3 Å². The van der Waals surface area contributed by atoms with Crippen molar-refractivity contribution in [3.63, 3.8) is 0 Å². The highest BCUT2D eigenvalue weighted by Gasteiger charge is 2.18. The van der Waals surface area contributed by atoms with Crippen molar-refractivity contribution < 1.29 is 4.79 Å². The van der Waals surface area contributed by atoms with Crippen LogP contribution >= 0.6 is 11.3 Å². The van der Waals surface area contributed by atoms with Gasteiger partial charge in [0.1, 0.15) is 0 Å². The minimum atomic E-state index is -0.0571. The largest absolute Gasteiger partial charge is 0.350 e. The zero-order valence-electron chi connectivity index (χ0n) is 17.7. The van der Waals surface area contributed by atoms with E-state index < -0.39 is 0 Å². The molecule has 4 aromatic rings. The number of carbonyl (C=O) groups is 1. The van der Waals surface area contributed by atoms with Gasteiger partial charge >= 0.3 is 0 Å². The maximum Gasteiger partial charge on any atom is 0.251 e. The molecule has 0 aliphatic heterocycles. The predicted molar refractivity (Wildman–Crippen MR) is 126 cm³/mol. The number of rotatable bonds is 8. The molecule has 2 heterocycles. The summed E-state index contributed by atoms with van der Waals surface area (Å²) in [4.78, 5) is 15.2. The second-order valence-electron chi connectivity index (χ2n) is 7.69. The Balaban J connectivity index is 1.49. The minimum Gasteiger partial charge on any atom is -0.350 e. The van der Waals surface area contributed by atoms with Crippen LogP contribution < -0.4 is 5.32 Å². The minimum absolute atomic E-state index is 0.0571. The molecule has 2 aromatic carbocycles. The van der Waals surface area contributed by atoms with Gasteiger partial charge < -0.3 is 10.2 Å². The normalized spacial score (nSPS) is 12.1. The van der Waals surface area contributed by atoms with Gasteiger partial charge in [0.05, 0.1) is 12.6 Å². The average Bonchev–Trinajstić information content (AvgIpc) is 3.49. The fraction of sp³-hybridized carbons (Fsp3) is 0.200. The zero-order valence-corrected chi connectivity index (χ0v) is 18.5. The van der Waals surface area contributed by atoms with E-state index >= 15 is 0 Å². The van der Waals surface area contributed by atoms with E-state index in [-0.39, 0.29) is 11.9 Å². The van der Waals surface area contributed by atoms with Gasteiger partial charge in [0.25, 0.3) is 5.91 Å². The molecule has 6 heteroatoms. The highest BCUT2D eigenvalue weighted by atomic mass is 32.1. The van der Waals surface area contributed by atoms with Gasteiger partial charge in [-0.1, -0.05) is 42.5 Å². The summed E-state index contributed by atoms with van der Waals surface area (Å²) in [5, 5.41) is 11.6. The summed E-state index contributed by atoms with van der Waals surface area (Å²) in [6, 6.07) is 20.3. The number of carbonyl (C=O) groups excluding carboxylic acids is 1. The second kappa shape index (κ2) is 9.73. The molecular weight excluding hydrogens is 404 g/mol. The highest BCUT2D eigenvalue weighted by Crippen LogP contribution is 2.25. The van der Waals surface area contributed by atoms with Crippen LogP contribution in [0.15, 0.2) is 83.8 Å². The number of amides is 1. The summed E-state index contributed by atoms with van der Waals surface area (Å²) in [6.45, 7) is 1.28. The molecule has 1 amide bonds. The van der Waals surface area contributed by atoms with Gasteiger partial charge in [-0.05, 0) is 65.3 Å². The summed E-state index contributed by atoms with van der Waals surface area (Å²) >= 11 is 1.67. The molecule has 0 aliphatic rings. The Hall–Kier alpha value is -3.22. The van der Waals surface area contributed by atoms with Gasteiger partial charge in [0, 0.05) is 24.5 Å². The molecule has 4 rings (SSSR count). The summed E-state index contributed by atoms with van der Waals surface area (Å²) in [6.07, 6.45) is 3.73. The summed E-state index contributed by atoms with van der Waals surface area (Å²) < 4.78 is 1.89. The number of nitrogens with one attached hydrogen (secondary N) is 1. The van der Waals surface area contributed by atoms with Crippen molar-refractivity contribution in [1.82, 2.24) is 20.0 Å². The van der Waals surface area contributed by atoms with Crippen molar-refractivity contribution in [2.45, 2.75) is 12.6 Å².